The summed E-state index contributed by atoms with van der Waals surface area (Å²) in [6.45, 7) is 0. The van der Waals surface area contributed by atoms with E-state index in [2.05, 4.69) is 0 Å². The van der Waals surface area contributed by atoms with Gasteiger partial charge in [-0.2, -0.15) is 0 Å². The Kier molecular flexibility index (Phi) is 3.81. The van der Waals surface area contributed by atoms with Crippen LogP contribution >= 0.6 is 0 Å². The van der Waals surface area contributed by atoms with E-state index in [0.29, 0.717) is 5.75 Å². The molecule has 0 aliphatic heterocycles. The summed E-state index contributed by atoms with van der Waals surface area (Å²) in [5, 5.41) is 0. The Bertz CT molecular complexity index is 328. The Morgan fingerprint density at radius 1 is 1.06 bits per heavy atom. The minimum Gasteiger partial charge on any atom is -0.431 e. The maximum Gasteiger partial charge on any atom is 0.514 e. The zero-order valence-electron chi connectivity index (χ0n) is 9.22. The zero-order valence-corrected chi connectivity index (χ0v) is 9.22. The molecule has 1 aromatic carbocycles. The van der Waals surface area contributed by atoms with Crippen LogP contribution in [0.5, 0.6) is 5.75 Å². The molecule has 3 heteroatoms. The molecule has 1 fully saturated rings. The molecule has 86 valence electrons. The Morgan fingerprint density at radius 3 is 2.44 bits per heavy atom. The van der Waals surface area contributed by atoms with Crippen LogP contribution in [0.15, 0.2) is 30.3 Å². The molecule has 0 atom stereocenters. The molecule has 0 spiro atoms. The Hall–Kier alpha value is -1.51. The van der Waals surface area contributed by atoms with Gasteiger partial charge in [-0.05, 0) is 37.8 Å². The lowest BCUT2D eigenvalue weighted by atomic mass is 9.98. The van der Waals surface area contributed by atoms with Gasteiger partial charge in [0.15, 0.2) is 0 Å². The number of carbonyl (C=O) groups excluding carboxylic acids is 1. The molecular formula is C13H16O3. The van der Waals surface area contributed by atoms with Gasteiger partial charge in [0.25, 0.3) is 0 Å². The van der Waals surface area contributed by atoms with Gasteiger partial charge in [0.05, 0.1) is 0 Å². The average Bonchev–Trinajstić information content (AvgIpc) is 2.31. The van der Waals surface area contributed by atoms with E-state index in [1.54, 1.807) is 12.1 Å². The molecule has 1 saturated carbocycles. The van der Waals surface area contributed by atoms with E-state index in [4.69, 9.17) is 9.47 Å². The summed E-state index contributed by atoms with van der Waals surface area (Å²) < 4.78 is 10.3. The van der Waals surface area contributed by atoms with Crippen molar-refractivity contribution < 1.29 is 14.3 Å². The third-order valence-electron chi connectivity index (χ3n) is 2.76. The van der Waals surface area contributed by atoms with Gasteiger partial charge in [0, 0.05) is 0 Å². The summed E-state index contributed by atoms with van der Waals surface area (Å²) in [5.74, 6) is 0.531. The quantitative estimate of drug-likeness (QED) is 0.565. The summed E-state index contributed by atoms with van der Waals surface area (Å²) in [6.07, 6.45) is 4.91. The van der Waals surface area contributed by atoms with Gasteiger partial charge >= 0.3 is 6.16 Å². The van der Waals surface area contributed by atoms with E-state index in [1.807, 2.05) is 18.2 Å². The first kappa shape index (κ1) is 11.0. The molecule has 0 amide bonds. The summed E-state index contributed by atoms with van der Waals surface area (Å²) in [7, 11) is 0. The SMILES string of the molecule is O=C(Oc1ccccc1)OC1CCCCC1. The van der Waals surface area contributed by atoms with Crippen molar-refractivity contribution in [2.75, 3.05) is 0 Å². The first-order valence-corrected chi connectivity index (χ1v) is 5.78. The van der Waals surface area contributed by atoms with Crippen LogP contribution in [0.4, 0.5) is 4.79 Å². The lowest BCUT2D eigenvalue weighted by Gasteiger charge is -2.21. The second-order valence-corrected chi connectivity index (χ2v) is 4.04. The fraction of sp³-hybridized carbons (Fsp3) is 0.462. The number of para-hydroxylation sites is 1. The van der Waals surface area contributed by atoms with Crippen LogP contribution in [0.25, 0.3) is 0 Å². The van der Waals surface area contributed by atoms with Gasteiger partial charge in [-0.25, -0.2) is 4.79 Å². The lowest BCUT2D eigenvalue weighted by Crippen LogP contribution is -2.22. The fourth-order valence-corrected chi connectivity index (χ4v) is 1.93. The summed E-state index contributed by atoms with van der Waals surface area (Å²) in [4.78, 5) is 11.4. The first-order valence-electron chi connectivity index (χ1n) is 5.78. The Balaban J connectivity index is 1.80. The summed E-state index contributed by atoms with van der Waals surface area (Å²) in [5.41, 5.74) is 0. The molecule has 0 heterocycles. The molecule has 0 radical (unpaired) electrons. The number of ether oxygens (including phenoxy) is 2. The molecule has 0 unspecified atom stereocenters. The highest BCUT2D eigenvalue weighted by atomic mass is 16.7. The Morgan fingerprint density at radius 2 is 1.75 bits per heavy atom. The van der Waals surface area contributed by atoms with Crippen molar-refractivity contribution in [2.24, 2.45) is 0 Å². The topological polar surface area (TPSA) is 35.5 Å². The average molecular weight is 220 g/mol. The van der Waals surface area contributed by atoms with Crippen molar-refractivity contribution >= 4 is 6.16 Å². The normalized spacial score (nSPS) is 16.8. The van der Waals surface area contributed by atoms with Crippen molar-refractivity contribution in [3.05, 3.63) is 30.3 Å². The standard InChI is InChI=1S/C13H16O3/c14-13(15-11-7-3-1-4-8-11)16-12-9-5-2-6-10-12/h1,3-4,7-8,12H,2,5-6,9-10H2. The zero-order chi connectivity index (χ0) is 11.2. The van der Waals surface area contributed by atoms with Crippen molar-refractivity contribution in [3.8, 4) is 5.75 Å². The van der Waals surface area contributed by atoms with Crippen molar-refractivity contribution in [3.63, 3.8) is 0 Å². The van der Waals surface area contributed by atoms with Crippen molar-refractivity contribution in [2.45, 2.75) is 38.2 Å². The van der Waals surface area contributed by atoms with Crippen LogP contribution in [-0.4, -0.2) is 12.3 Å². The minimum absolute atomic E-state index is 0.0463. The molecule has 1 aliphatic carbocycles. The number of benzene rings is 1. The van der Waals surface area contributed by atoms with Crippen molar-refractivity contribution in [1.82, 2.24) is 0 Å². The van der Waals surface area contributed by atoms with E-state index < -0.39 is 6.16 Å². The molecule has 3 nitrogen and oxygen atoms in total. The van der Waals surface area contributed by atoms with E-state index >= 15 is 0 Å². The highest BCUT2D eigenvalue weighted by molar-refractivity contribution is 5.63. The van der Waals surface area contributed by atoms with Crippen LogP contribution in [-0.2, 0) is 4.74 Å². The maximum atomic E-state index is 11.4. The number of carbonyl (C=O) groups is 1. The molecule has 16 heavy (non-hydrogen) atoms. The lowest BCUT2D eigenvalue weighted by molar-refractivity contribution is 0.0417. The maximum absolute atomic E-state index is 11.4. The van der Waals surface area contributed by atoms with Crippen LogP contribution in [0.1, 0.15) is 32.1 Å². The highest BCUT2D eigenvalue weighted by Crippen LogP contribution is 2.21. The monoisotopic (exact) mass is 220 g/mol. The summed E-state index contributed by atoms with van der Waals surface area (Å²) in [6, 6.07) is 9.00. The molecule has 0 bridgehead atoms. The van der Waals surface area contributed by atoms with Gasteiger partial charge in [-0.3, -0.25) is 0 Å². The smallest absolute Gasteiger partial charge is 0.431 e. The van der Waals surface area contributed by atoms with Gasteiger partial charge in [0.1, 0.15) is 11.9 Å². The fourth-order valence-electron chi connectivity index (χ4n) is 1.93. The number of rotatable bonds is 2. The predicted molar refractivity (Wildman–Crippen MR) is 60.4 cm³/mol. The number of hydrogen-bond donors (Lipinski definition) is 0. The van der Waals surface area contributed by atoms with Gasteiger partial charge in [0.2, 0.25) is 0 Å². The van der Waals surface area contributed by atoms with Crippen LogP contribution in [0, 0.1) is 0 Å². The van der Waals surface area contributed by atoms with Gasteiger partial charge in [-0.15, -0.1) is 0 Å². The van der Waals surface area contributed by atoms with E-state index in [-0.39, 0.29) is 6.10 Å². The molecule has 0 aromatic heterocycles. The molecule has 0 saturated heterocycles. The van der Waals surface area contributed by atoms with E-state index in [1.165, 1.54) is 6.42 Å². The third kappa shape index (κ3) is 3.26. The van der Waals surface area contributed by atoms with Crippen LogP contribution in [0.2, 0.25) is 0 Å². The van der Waals surface area contributed by atoms with E-state index in [9.17, 15) is 4.79 Å². The molecule has 0 N–H and O–H groups in total. The van der Waals surface area contributed by atoms with Crippen LogP contribution < -0.4 is 4.74 Å². The first-order chi connectivity index (χ1) is 7.84. The summed E-state index contributed by atoms with van der Waals surface area (Å²) >= 11 is 0. The molecule has 1 aromatic rings. The largest absolute Gasteiger partial charge is 0.514 e. The highest BCUT2D eigenvalue weighted by Gasteiger charge is 2.18. The second-order valence-electron chi connectivity index (χ2n) is 4.04. The van der Waals surface area contributed by atoms with Gasteiger partial charge < -0.3 is 9.47 Å². The molecule has 1 aliphatic rings. The van der Waals surface area contributed by atoms with Crippen LogP contribution in [0.3, 0.4) is 0 Å². The molecular weight excluding hydrogens is 204 g/mol. The third-order valence-corrected chi connectivity index (χ3v) is 2.76. The number of hydrogen-bond acceptors (Lipinski definition) is 3. The van der Waals surface area contributed by atoms with Crippen molar-refractivity contribution in [1.29, 1.82) is 0 Å². The second kappa shape index (κ2) is 5.54. The predicted octanol–water partition coefficient (Wildman–Crippen LogP) is 3.53. The van der Waals surface area contributed by atoms with E-state index in [0.717, 1.165) is 25.7 Å². The van der Waals surface area contributed by atoms with Gasteiger partial charge in [-0.1, -0.05) is 24.6 Å². The Labute approximate surface area is 95.4 Å². The minimum atomic E-state index is -0.585. The molecule has 2 rings (SSSR count).